The molecule has 3 saturated heterocycles. The third kappa shape index (κ3) is 1.79. The topological polar surface area (TPSA) is 38.2 Å². The van der Waals surface area contributed by atoms with Gasteiger partial charge in [0.1, 0.15) is 17.6 Å². The molecule has 3 aliphatic heterocycles. The summed E-state index contributed by atoms with van der Waals surface area (Å²) in [6.45, 7) is 3.69. The summed E-state index contributed by atoms with van der Waals surface area (Å²) in [5.74, 6) is 2.87. The first-order chi connectivity index (χ1) is 8.78. The second-order valence-corrected chi connectivity index (χ2v) is 6.22. The zero-order valence-electron chi connectivity index (χ0n) is 10.1. The van der Waals surface area contributed by atoms with Gasteiger partial charge in [0, 0.05) is 37.5 Å². The lowest BCUT2D eigenvalue weighted by atomic mass is 9.66. The lowest BCUT2D eigenvalue weighted by Gasteiger charge is -2.55. The van der Waals surface area contributed by atoms with Crippen molar-refractivity contribution in [3.63, 3.8) is 0 Å². The van der Waals surface area contributed by atoms with Crippen molar-refractivity contribution in [2.24, 2.45) is 17.8 Å². The molecule has 0 N–H and O–H groups in total. The molecule has 0 aromatic carbocycles. The van der Waals surface area contributed by atoms with Crippen molar-refractivity contribution in [3.05, 3.63) is 17.5 Å². The van der Waals surface area contributed by atoms with E-state index in [0.29, 0.717) is 29.0 Å². The van der Waals surface area contributed by atoms with Gasteiger partial charge in [-0.1, -0.05) is 11.6 Å². The minimum Gasteiger partial charge on any atom is -0.474 e. The minimum absolute atomic E-state index is 0.323. The van der Waals surface area contributed by atoms with Crippen molar-refractivity contribution in [1.29, 1.82) is 0 Å². The van der Waals surface area contributed by atoms with Crippen LogP contribution in [0.1, 0.15) is 12.8 Å². The first kappa shape index (κ1) is 11.0. The fourth-order valence-electron chi connectivity index (χ4n) is 4.08. The second-order valence-electron chi connectivity index (χ2n) is 5.84. The number of hydrogen-bond acceptors (Lipinski definition) is 4. The third-order valence-corrected chi connectivity index (χ3v) is 4.78. The molecule has 18 heavy (non-hydrogen) atoms. The van der Waals surface area contributed by atoms with Crippen LogP contribution >= 0.6 is 11.6 Å². The maximum Gasteiger partial charge on any atom is 0.218 e. The highest BCUT2D eigenvalue weighted by atomic mass is 35.5. The van der Waals surface area contributed by atoms with E-state index in [0.717, 1.165) is 5.92 Å². The molecule has 1 aliphatic carbocycles. The SMILES string of the molecule is Clc1cc(OC2C3CC4CC2CN(C4)C3)ncn1. The maximum atomic E-state index is 6.11. The number of aromatic nitrogens is 2. The highest BCUT2D eigenvalue weighted by Crippen LogP contribution is 2.44. The Morgan fingerprint density at radius 2 is 1.94 bits per heavy atom. The fraction of sp³-hybridized carbons (Fsp3) is 0.692. The molecule has 1 aromatic rings. The largest absolute Gasteiger partial charge is 0.474 e. The Balaban J connectivity index is 1.55. The van der Waals surface area contributed by atoms with Crippen molar-refractivity contribution in [1.82, 2.24) is 14.9 Å². The summed E-state index contributed by atoms with van der Waals surface area (Å²) < 4.78 is 6.11. The van der Waals surface area contributed by atoms with E-state index < -0.39 is 0 Å². The Morgan fingerprint density at radius 1 is 1.17 bits per heavy atom. The van der Waals surface area contributed by atoms with Crippen LogP contribution in [0.25, 0.3) is 0 Å². The summed E-state index contributed by atoms with van der Waals surface area (Å²) in [4.78, 5) is 10.6. The average molecular weight is 266 g/mol. The van der Waals surface area contributed by atoms with Gasteiger partial charge >= 0.3 is 0 Å². The standard InChI is InChI=1S/C13H16ClN3O/c14-11-3-12(16-7-15-11)18-13-9-1-8-2-10(13)6-17(4-8)5-9/h3,7-10,13H,1-2,4-6H2. The van der Waals surface area contributed by atoms with E-state index in [1.165, 1.54) is 38.8 Å². The van der Waals surface area contributed by atoms with E-state index in [2.05, 4.69) is 14.9 Å². The Hall–Kier alpha value is -0.870. The molecular formula is C13H16ClN3O. The normalized spacial score (nSPS) is 41.1. The number of ether oxygens (including phenoxy) is 1. The van der Waals surface area contributed by atoms with Crippen LogP contribution in [0.15, 0.2) is 12.4 Å². The third-order valence-electron chi connectivity index (χ3n) is 4.57. The molecule has 96 valence electrons. The summed E-state index contributed by atoms with van der Waals surface area (Å²) in [6.07, 6.45) is 4.42. The molecule has 1 aromatic heterocycles. The van der Waals surface area contributed by atoms with Gasteiger partial charge in [0.05, 0.1) is 0 Å². The van der Waals surface area contributed by atoms with E-state index >= 15 is 0 Å². The van der Waals surface area contributed by atoms with Gasteiger partial charge in [-0.05, 0) is 18.8 Å². The zero-order chi connectivity index (χ0) is 12.1. The van der Waals surface area contributed by atoms with Gasteiger partial charge in [-0.15, -0.1) is 0 Å². The molecule has 4 fully saturated rings. The molecule has 4 heterocycles. The highest BCUT2D eigenvalue weighted by Gasteiger charge is 2.48. The van der Waals surface area contributed by atoms with Crippen molar-refractivity contribution in [3.8, 4) is 5.88 Å². The van der Waals surface area contributed by atoms with Crippen LogP contribution in [0.4, 0.5) is 0 Å². The van der Waals surface area contributed by atoms with Crippen molar-refractivity contribution >= 4 is 11.6 Å². The van der Waals surface area contributed by atoms with Crippen molar-refractivity contribution in [2.45, 2.75) is 18.9 Å². The summed E-state index contributed by atoms with van der Waals surface area (Å²) in [5.41, 5.74) is 0. The Labute approximate surface area is 111 Å². The first-order valence-electron chi connectivity index (χ1n) is 6.64. The van der Waals surface area contributed by atoms with Crippen LogP contribution in [-0.4, -0.2) is 40.6 Å². The lowest BCUT2D eigenvalue weighted by molar-refractivity contribution is -0.0997. The van der Waals surface area contributed by atoms with Crippen molar-refractivity contribution < 1.29 is 4.74 Å². The number of piperidine rings is 3. The van der Waals surface area contributed by atoms with E-state index in [9.17, 15) is 0 Å². The maximum absolute atomic E-state index is 6.11. The molecule has 5 rings (SSSR count). The number of halogens is 1. The highest BCUT2D eigenvalue weighted by molar-refractivity contribution is 6.29. The van der Waals surface area contributed by atoms with Gasteiger partial charge < -0.3 is 9.64 Å². The van der Waals surface area contributed by atoms with Gasteiger partial charge in [0.15, 0.2) is 0 Å². The lowest BCUT2D eigenvalue weighted by Crippen LogP contribution is -2.61. The number of nitrogens with zero attached hydrogens (tertiary/aromatic N) is 3. The summed E-state index contributed by atoms with van der Waals surface area (Å²) in [7, 11) is 0. The molecule has 4 bridgehead atoms. The molecular weight excluding hydrogens is 250 g/mol. The molecule has 4 aliphatic rings. The number of hydrogen-bond donors (Lipinski definition) is 0. The second kappa shape index (κ2) is 4.07. The summed E-state index contributed by atoms with van der Waals surface area (Å²) in [5, 5.41) is 0.451. The Bertz CT molecular complexity index is 439. The molecule has 1 saturated carbocycles. The van der Waals surface area contributed by atoms with Crippen LogP contribution in [0, 0.1) is 17.8 Å². The molecule has 2 unspecified atom stereocenters. The van der Waals surface area contributed by atoms with Crippen LogP contribution in [-0.2, 0) is 0 Å². The quantitative estimate of drug-likeness (QED) is 0.765. The molecule has 5 heteroatoms. The predicted octanol–water partition coefficient (Wildman–Crippen LogP) is 1.85. The average Bonchev–Trinajstić information content (AvgIpc) is 2.33. The summed E-state index contributed by atoms with van der Waals surface area (Å²) in [6, 6.07) is 1.72. The van der Waals surface area contributed by atoms with E-state index in [4.69, 9.17) is 16.3 Å². The van der Waals surface area contributed by atoms with Crippen LogP contribution < -0.4 is 4.74 Å². The van der Waals surface area contributed by atoms with Crippen LogP contribution in [0.2, 0.25) is 5.15 Å². The van der Waals surface area contributed by atoms with Crippen molar-refractivity contribution in [2.75, 3.05) is 19.6 Å². The molecule has 0 amide bonds. The molecule has 0 radical (unpaired) electrons. The number of rotatable bonds is 2. The molecule has 2 atom stereocenters. The van der Waals surface area contributed by atoms with Gasteiger partial charge in [-0.3, -0.25) is 0 Å². The summed E-state index contributed by atoms with van der Waals surface area (Å²) >= 11 is 5.87. The van der Waals surface area contributed by atoms with Gasteiger partial charge in [-0.25, -0.2) is 9.97 Å². The predicted molar refractivity (Wildman–Crippen MR) is 67.6 cm³/mol. The van der Waals surface area contributed by atoms with Crippen LogP contribution in [0.3, 0.4) is 0 Å². The van der Waals surface area contributed by atoms with Gasteiger partial charge in [-0.2, -0.15) is 0 Å². The smallest absolute Gasteiger partial charge is 0.218 e. The molecule has 0 spiro atoms. The van der Waals surface area contributed by atoms with Crippen LogP contribution in [0.5, 0.6) is 5.88 Å². The monoisotopic (exact) mass is 265 g/mol. The molecule has 4 nitrogen and oxygen atoms in total. The van der Waals surface area contributed by atoms with E-state index in [-0.39, 0.29) is 0 Å². The van der Waals surface area contributed by atoms with Gasteiger partial charge in [0.25, 0.3) is 0 Å². The Kier molecular flexibility index (Phi) is 2.49. The van der Waals surface area contributed by atoms with Gasteiger partial charge in [0.2, 0.25) is 5.88 Å². The minimum atomic E-state index is 0.323. The fourth-order valence-corrected chi connectivity index (χ4v) is 4.21. The zero-order valence-corrected chi connectivity index (χ0v) is 10.9. The first-order valence-corrected chi connectivity index (χ1v) is 7.02. The van der Waals surface area contributed by atoms with E-state index in [1.807, 2.05) is 0 Å². The van der Waals surface area contributed by atoms with E-state index in [1.54, 1.807) is 6.07 Å². The Morgan fingerprint density at radius 3 is 2.61 bits per heavy atom.